The van der Waals surface area contributed by atoms with E-state index in [0.717, 1.165) is 22.0 Å². The summed E-state index contributed by atoms with van der Waals surface area (Å²) < 4.78 is 15.3. The Morgan fingerprint density at radius 2 is 1.59 bits per heavy atom. The molecule has 27 heavy (non-hydrogen) atoms. The highest BCUT2D eigenvalue weighted by molar-refractivity contribution is 6.07. The van der Waals surface area contributed by atoms with Crippen molar-refractivity contribution in [1.82, 2.24) is 4.57 Å². The van der Waals surface area contributed by atoms with Crippen LogP contribution in [0.5, 0.6) is 0 Å². The number of hydrogen-bond acceptors (Lipinski definition) is 1. The number of halogens is 1. The third-order valence-electron chi connectivity index (χ3n) is 4.56. The van der Waals surface area contributed by atoms with Crippen molar-refractivity contribution in [3.05, 3.63) is 114 Å². The summed E-state index contributed by atoms with van der Waals surface area (Å²) in [6, 6.07) is 23.8. The van der Waals surface area contributed by atoms with E-state index >= 15 is 0 Å². The van der Waals surface area contributed by atoms with E-state index in [-0.39, 0.29) is 11.6 Å². The Hall–Kier alpha value is -3.46. The molecule has 0 bridgehead atoms. The Morgan fingerprint density at radius 3 is 2.37 bits per heavy atom. The number of ketones is 1. The molecule has 0 unspecified atom stereocenters. The molecule has 4 rings (SSSR count). The second-order valence-electron chi connectivity index (χ2n) is 6.42. The number of para-hydroxylation sites is 1. The zero-order valence-electron chi connectivity index (χ0n) is 14.7. The van der Waals surface area contributed by atoms with E-state index in [1.807, 2.05) is 60.8 Å². The van der Waals surface area contributed by atoms with Gasteiger partial charge in [0.2, 0.25) is 0 Å². The molecule has 132 valence electrons. The number of fused-ring (bicyclic) bond motifs is 1. The second kappa shape index (κ2) is 7.42. The van der Waals surface area contributed by atoms with E-state index in [1.165, 1.54) is 12.1 Å². The van der Waals surface area contributed by atoms with Gasteiger partial charge in [0.05, 0.1) is 0 Å². The second-order valence-corrected chi connectivity index (χ2v) is 6.42. The molecular formula is C24H18FNO. The zero-order chi connectivity index (χ0) is 18.6. The van der Waals surface area contributed by atoms with Crippen molar-refractivity contribution in [3.63, 3.8) is 0 Å². The molecule has 0 saturated heterocycles. The van der Waals surface area contributed by atoms with Gasteiger partial charge < -0.3 is 4.57 Å². The number of nitrogens with zero attached hydrogens (tertiary/aromatic N) is 1. The largest absolute Gasteiger partial charge is 0.342 e. The van der Waals surface area contributed by atoms with E-state index in [0.29, 0.717) is 12.1 Å². The lowest BCUT2D eigenvalue weighted by Crippen LogP contribution is -1.97. The minimum absolute atomic E-state index is 0.0223. The molecule has 0 aliphatic rings. The smallest absolute Gasteiger partial charge is 0.185 e. The zero-order valence-corrected chi connectivity index (χ0v) is 14.7. The van der Waals surface area contributed by atoms with Gasteiger partial charge in [0, 0.05) is 34.8 Å². The van der Waals surface area contributed by atoms with E-state index in [4.69, 9.17) is 0 Å². The molecule has 0 aliphatic heterocycles. The third-order valence-corrected chi connectivity index (χ3v) is 4.56. The SMILES string of the molecule is O=C(/C=C/c1cn(Cc2ccc(F)cc2)c2ccccc12)c1ccccc1. The van der Waals surface area contributed by atoms with Crippen LogP contribution in [0.3, 0.4) is 0 Å². The van der Waals surface area contributed by atoms with E-state index < -0.39 is 0 Å². The first-order valence-corrected chi connectivity index (χ1v) is 8.80. The number of aromatic nitrogens is 1. The predicted octanol–water partition coefficient (Wildman–Crippen LogP) is 5.72. The summed E-state index contributed by atoms with van der Waals surface area (Å²) in [5.74, 6) is -0.259. The average molecular weight is 355 g/mol. The number of benzene rings is 3. The number of allylic oxidation sites excluding steroid dienone is 1. The van der Waals surface area contributed by atoms with Gasteiger partial charge in [0.25, 0.3) is 0 Å². The first-order valence-electron chi connectivity index (χ1n) is 8.80. The molecule has 3 heteroatoms. The van der Waals surface area contributed by atoms with Crippen molar-refractivity contribution in [2.45, 2.75) is 6.54 Å². The van der Waals surface area contributed by atoms with Crippen LogP contribution in [0.4, 0.5) is 4.39 Å². The molecule has 0 fully saturated rings. The quantitative estimate of drug-likeness (QED) is 0.331. The monoisotopic (exact) mass is 355 g/mol. The Labute approximate surface area is 157 Å². The van der Waals surface area contributed by atoms with Crippen molar-refractivity contribution in [2.24, 2.45) is 0 Å². The van der Waals surface area contributed by atoms with Gasteiger partial charge in [-0.2, -0.15) is 0 Å². The molecule has 0 saturated carbocycles. The maximum Gasteiger partial charge on any atom is 0.185 e. The van der Waals surface area contributed by atoms with Crippen molar-refractivity contribution in [3.8, 4) is 0 Å². The molecule has 2 nitrogen and oxygen atoms in total. The van der Waals surface area contributed by atoms with Crippen molar-refractivity contribution >= 4 is 22.8 Å². The summed E-state index contributed by atoms with van der Waals surface area (Å²) in [6.07, 6.45) is 5.50. The molecule has 0 radical (unpaired) electrons. The van der Waals surface area contributed by atoms with Crippen LogP contribution in [0.25, 0.3) is 17.0 Å². The number of carbonyl (C=O) groups is 1. The van der Waals surface area contributed by atoms with Crippen LogP contribution in [0, 0.1) is 5.82 Å². The van der Waals surface area contributed by atoms with Crippen LogP contribution >= 0.6 is 0 Å². The molecule has 1 heterocycles. The Morgan fingerprint density at radius 1 is 0.889 bits per heavy atom. The fourth-order valence-electron chi connectivity index (χ4n) is 3.19. The lowest BCUT2D eigenvalue weighted by molar-refractivity contribution is 0.104. The summed E-state index contributed by atoms with van der Waals surface area (Å²) in [5.41, 5.74) is 3.75. The van der Waals surface area contributed by atoms with Gasteiger partial charge in [-0.3, -0.25) is 4.79 Å². The van der Waals surface area contributed by atoms with Crippen LogP contribution in [0.1, 0.15) is 21.5 Å². The highest BCUT2D eigenvalue weighted by Gasteiger charge is 2.08. The molecule has 1 aromatic heterocycles. The lowest BCUT2D eigenvalue weighted by Gasteiger charge is -2.05. The Bertz CT molecular complexity index is 1110. The summed E-state index contributed by atoms with van der Waals surface area (Å²) >= 11 is 0. The van der Waals surface area contributed by atoms with Crippen molar-refractivity contribution in [1.29, 1.82) is 0 Å². The van der Waals surface area contributed by atoms with E-state index in [9.17, 15) is 9.18 Å². The fraction of sp³-hybridized carbons (Fsp3) is 0.0417. The fourth-order valence-corrected chi connectivity index (χ4v) is 3.19. The summed E-state index contributed by atoms with van der Waals surface area (Å²) in [7, 11) is 0. The lowest BCUT2D eigenvalue weighted by atomic mass is 10.1. The number of rotatable bonds is 5. The van der Waals surface area contributed by atoms with E-state index in [1.54, 1.807) is 18.2 Å². The molecule has 0 N–H and O–H groups in total. The Balaban J connectivity index is 1.66. The summed E-state index contributed by atoms with van der Waals surface area (Å²) in [6.45, 7) is 0.640. The molecular weight excluding hydrogens is 337 g/mol. The van der Waals surface area contributed by atoms with Gasteiger partial charge in [0.1, 0.15) is 5.82 Å². The molecule has 0 atom stereocenters. The maximum atomic E-state index is 13.2. The minimum atomic E-state index is -0.237. The van der Waals surface area contributed by atoms with Crippen molar-refractivity contribution < 1.29 is 9.18 Å². The van der Waals surface area contributed by atoms with Crippen LogP contribution < -0.4 is 0 Å². The first-order chi connectivity index (χ1) is 13.2. The predicted molar refractivity (Wildman–Crippen MR) is 107 cm³/mol. The van der Waals surface area contributed by atoms with Gasteiger partial charge in [-0.05, 0) is 35.9 Å². The molecule has 0 aliphatic carbocycles. The summed E-state index contributed by atoms with van der Waals surface area (Å²) in [5, 5.41) is 1.08. The highest BCUT2D eigenvalue weighted by Crippen LogP contribution is 2.24. The molecule has 0 spiro atoms. The molecule has 3 aromatic carbocycles. The third kappa shape index (κ3) is 3.72. The Kier molecular flexibility index (Phi) is 4.67. The van der Waals surface area contributed by atoms with Gasteiger partial charge in [0.15, 0.2) is 5.78 Å². The van der Waals surface area contributed by atoms with Crippen LogP contribution in [0.2, 0.25) is 0 Å². The van der Waals surface area contributed by atoms with Crippen LogP contribution in [-0.4, -0.2) is 10.4 Å². The first kappa shape index (κ1) is 17.0. The normalized spacial score (nSPS) is 11.3. The van der Waals surface area contributed by atoms with Gasteiger partial charge >= 0.3 is 0 Å². The minimum Gasteiger partial charge on any atom is -0.342 e. The van der Waals surface area contributed by atoms with Gasteiger partial charge in [-0.15, -0.1) is 0 Å². The standard InChI is InChI=1S/C24H18FNO/c25-21-13-10-18(11-14-21)16-26-17-20(22-8-4-5-9-23(22)26)12-15-24(27)19-6-2-1-3-7-19/h1-15,17H,16H2/b15-12+. The summed E-state index contributed by atoms with van der Waals surface area (Å²) in [4.78, 5) is 12.4. The van der Waals surface area contributed by atoms with E-state index in [2.05, 4.69) is 10.6 Å². The topological polar surface area (TPSA) is 22.0 Å². The molecule has 4 aromatic rings. The number of hydrogen-bond donors (Lipinski definition) is 0. The molecule has 0 amide bonds. The van der Waals surface area contributed by atoms with Gasteiger partial charge in [-0.25, -0.2) is 4.39 Å². The highest BCUT2D eigenvalue weighted by atomic mass is 19.1. The van der Waals surface area contributed by atoms with Crippen LogP contribution in [-0.2, 0) is 6.54 Å². The maximum absolute atomic E-state index is 13.2. The van der Waals surface area contributed by atoms with Gasteiger partial charge in [-0.1, -0.05) is 60.7 Å². The average Bonchev–Trinajstić information content (AvgIpc) is 3.06. The number of carbonyl (C=O) groups excluding carboxylic acids is 1. The van der Waals surface area contributed by atoms with Crippen molar-refractivity contribution in [2.75, 3.05) is 0 Å². The van der Waals surface area contributed by atoms with Crippen LogP contribution in [0.15, 0.2) is 91.1 Å².